The van der Waals surface area contributed by atoms with Gasteiger partial charge in [0.15, 0.2) is 5.58 Å². The Bertz CT molecular complexity index is 550. The maximum atomic E-state index is 6.22. The lowest BCUT2D eigenvalue weighted by molar-refractivity contribution is 0.508. The average molecular weight is 331 g/mol. The zero-order chi connectivity index (χ0) is 13.1. The Kier molecular flexibility index (Phi) is 4.71. The van der Waals surface area contributed by atoms with Crippen molar-refractivity contribution >= 4 is 38.5 Å². The van der Waals surface area contributed by atoms with Crippen LogP contribution in [0, 0.1) is 0 Å². The number of benzene rings is 1. The van der Waals surface area contributed by atoms with Gasteiger partial charge in [0.2, 0.25) is 0 Å². The molecule has 0 amide bonds. The summed E-state index contributed by atoms with van der Waals surface area (Å²) < 4.78 is 6.90. The van der Waals surface area contributed by atoms with Crippen LogP contribution in [0.4, 0.5) is 0 Å². The summed E-state index contributed by atoms with van der Waals surface area (Å²) in [5.74, 6) is 1.00. The lowest BCUT2D eigenvalue weighted by Gasteiger charge is -2.01. The molecule has 0 bridgehead atoms. The van der Waals surface area contributed by atoms with Crippen LogP contribution in [0.3, 0.4) is 0 Å². The number of furan rings is 1. The Morgan fingerprint density at radius 3 is 2.78 bits per heavy atom. The van der Waals surface area contributed by atoms with Crippen molar-refractivity contribution in [2.75, 3.05) is 6.54 Å². The lowest BCUT2D eigenvalue weighted by Crippen LogP contribution is -2.14. The van der Waals surface area contributed by atoms with E-state index in [9.17, 15) is 0 Å². The topological polar surface area (TPSA) is 25.2 Å². The number of fused-ring (bicyclic) bond motifs is 1. The summed E-state index contributed by atoms with van der Waals surface area (Å²) in [7, 11) is 0. The van der Waals surface area contributed by atoms with Crippen molar-refractivity contribution < 1.29 is 4.42 Å². The SMILES string of the molecule is CCCNCc1oc2c(Cl)cc(Br)cc2c1CC. The van der Waals surface area contributed by atoms with E-state index in [1.165, 1.54) is 5.56 Å². The predicted octanol–water partition coefficient (Wildman–Crippen LogP) is 4.91. The average Bonchev–Trinajstić information content (AvgIpc) is 2.67. The molecule has 1 heterocycles. The summed E-state index contributed by atoms with van der Waals surface area (Å²) in [6, 6.07) is 3.95. The number of hydrogen-bond acceptors (Lipinski definition) is 2. The molecule has 2 nitrogen and oxygen atoms in total. The first kappa shape index (κ1) is 13.9. The Hall–Kier alpha value is -0.510. The standard InChI is InChI=1S/C14H17BrClNO/c1-3-5-17-8-13-10(4-2)11-6-9(15)7-12(16)14(11)18-13/h6-7,17H,3-5,8H2,1-2H3. The van der Waals surface area contributed by atoms with E-state index in [0.717, 1.165) is 47.1 Å². The second kappa shape index (κ2) is 6.09. The van der Waals surface area contributed by atoms with Gasteiger partial charge in [-0.15, -0.1) is 0 Å². The Labute approximate surface area is 121 Å². The Morgan fingerprint density at radius 1 is 1.33 bits per heavy atom. The van der Waals surface area contributed by atoms with Crippen molar-refractivity contribution in [3.8, 4) is 0 Å². The van der Waals surface area contributed by atoms with E-state index in [-0.39, 0.29) is 0 Å². The van der Waals surface area contributed by atoms with Crippen LogP contribution >= 0.6 is 27.5 Å². The third kappa shape index (κ3) is 2.73. The molecule has 98 valence electrons. The van der Waals surface area contributed by atoms with Gasteiger partial charge in [0.05, 0.1) is 11.6 Å². The zero-order valence-corrected chi connectivity index (χ0v) is 13.0. The third-order valence-electron chi connectivity index (χ3n) is 2.96. The molecule has 1 N–H and O–H groups in total. The highest BCUT2D eigenvalue weighted by Gasteiger charge is 2.15. The summed E-state index contributed by atoms with van der Waals surface area (Å²) in [6.45, 7) is 6.06. The first-order valence-electron chi connectivity index (χ1n) is 6.27. The summed E-state index contributed by atoms with van der Waals surface area (Å²) in [5.41, 5.74) is 2.04. The number of halogens is 2. The van der Waals surface area contributed by atoms with Crippen LogP contribution in [0.2, 0.25) is 5.02 Å². The molecule has 18 heavy (non-hydrogen) atoms. The summed E-state index contributed by atoms with van der Waals surface area (Å²) in [5, 5.41) is 5.15. The highest BCUT2D eigenvalue weighted by Crippen LogP contribution is 2.34. The molecular formula is C14H17BrClNO. The molecule has 0 unspecified atom stereocenters. The zero-order valence-electron chi connectivity index (χ0n) is 10.6. The van der Waals surface area contributed by atoms with Crippen molar-refractivity contribution in [3.63, 3.8) is 0 Å². The molecule has 0 radical (unpaired) electrons. The minimum absolute atomic E-state index is 0.663. The quantitative estimate of drug-likeness (QED) is 0.788. The van der Waals surface area contributed by atoms with E-state index in [1.807, 2.05) is 6.07 Å². The molecule has 2 rings (SSSR count). The summed E-state index contributed by atoms with van der Waals surface area (Å²) >= 11 is 9.70. The highest BCUT2D eigenvalue weighted by atomic mass is 79.9. The molecule has 0 fully saturated rings. The second-order valence-electron chi connectivity index (χ2n) is 4.30. The Morgan fingerprint density at radius 2 is 2.11 bits per heavy atom. The minimum atomic E-state index is 0.663. The van der Waals surface area contributed by atoms with Gasteiger partial charge < -0.3 is 9.73 Å². The van der Waals surface area contributed by atoms with Crippen molar-refractivity contribution in [2.24, 2.45) is 0 Å². The van der Waals surface area contributed by atoms with E-state index < -0.39 is 0 Å². The van der Waals surface area contributed by atoms with Crippen LogP contribution in [0.5, 0.6) is 0 Å². The van der Waals surface area contributed by atoms with E-state index in [1.54, 1.807) is 0 Å². The molecule has 0 aliphatic carbocycles. The molecule has 0 aliphatic rings. The lowest BCUT2D eigenvalue weighted by atomic mass is 10.1. The Balaban J connectivity index is 2.44. The molecule has 0 spiro atoms. The number of aryl methyl sites for hydroxylation is 1. The van der Waals surface area contributed by atoms with Gasteiger partial charge in [0.1, 0.15) is 5.76 Å². The van der Waals surface area contributed by atoms with Crippen molar-refractivity contribution in [2.45, 2.75) is 33.2 Å². The molecule has 4 heteroatoms. The largest absolute Gasteiger partial charge is 0.458 e. The molecule has 2 aromatic rings. The fourth-order valence-electron chi connectivity index (χ4n) is 2.13. The third-order valence-corrected chi connectivity index (χ3v) is 3.70. The van der Waals surface area contributed by atoms with E-state index in [4.69, 9.17) is 16.0 Å². The maximum Gasteiger partial charge on any atom is 0.153 e. The van der Waals surface area contributed by atoms with E-state index >= 15 is 0 Å². The van der Waals surface area contributed by atoms with Gasteiger partial charge in [0, 0.05) is 15.4 Å². The van der Waals surface area contributed by atoms with Crippen molar-refractivity contribution in [3.05, 3.63) is 33.0 Å². The molecule has 0 saturated heterocycles. The van der Waals surface area contributed by atoms with E-state index in [2.05, 4.69) is 41.2 Å². The van der Waals surface area contributed by atoms with E-state index in [0.29, 0.717) is 5.02 Å². The summed E-state index contributed by atoms with van der Waals surface area (Å²) in [6.07, 6.45) is 2.07. The number of rotatable bonds is 5. The van der Waals surface area contributed by atoms with Gasteiger partial charge in [0.25, 0.3) is 0 Å². The fourth-order valence-corrected chi connectivity index (χ4v) is 2.98. The smallest absolute Gasteiger partial charge is 0.153 e. The molecule has 1 aromatic heterocycles. The van der Waals surface area contributed by atoms with Gasteiger partial charge in [-0.05, 0) is 31.5 Å². The van der Waals surface area contributed by atoms with Crippen LogP contribution in [0.15, 0.2) is 21.0 Å². The summed E-state index contributed by atoms with van der Waals surface area (Å²) in [4.78, 5) is 0. The first-order chi connectivity index (χ1) is 8.67. The number of nitrogens with one attached hydrogen (secondary N) is 1. The van der Waals surface area contributed by atoms with Gasteiger partial charge in [-0.1, -0.05) is 41.4 Å². The van der Waals surface area contributed by atoms with Crippen LogP contribution in [0.1, 0.15) is 31.6 Å². The monoisotopic (exact) mass is 329 g/mol. The minimum Gasteiger partial charge on any atom is -0.458 e. The van der Waals surface area contributed by atoms with Gasteiger partial charge in [-0.2, -0.15) is 0 Å². The molecule has 1 aromatic carbocycles. The van der Waals surface area contributed by atoms with Gasteiger partial charge in [-0.3, -0.25) is 0 Å². The fraction of sp³-hybridized carbons (Fsp3) is 0.429. The molecule has 0 aliphatic heterocycles. The van der Waals surface area contributed by atoms with Crippen molar-refractivity contribution in [1.82, 2.24) is 5.32 Å². The highest BCUT2D eigenvalue weighted by molar-refractivity contribution is 9.10. The molecule has 0 saturated carbocycles. The van der Waals surface area contributed by atoms with Crippen LogP contribution in [-0.4, -0.2) is 6.54 Å². The van der Waals surface area contributed by atoms with Gasteiger partial charge >= 0.3 is 0 Å². The van der Waals surface area contributed by atoms with Crippen molar-refractivity contribution in [1.29, 1.82) is 0 Å². The normalized spacial score (nSPS) is 11.3. The predicted molar refractivity (Wildman–Crippen MR) is 80.3 cm³/mol. The first-order valence-corrected chi connectivity index (χ1v) is 7.44. The number of hydrogen-bond donors (Lipinski definition) is 1. The molecule has 0 atom stereocenters. The van der Waals surface area contributed by atoms with Crippen LogP contribution < -0.4 is 5.32 Å². The maximum absolute atomic E-state index is 6.22. The van der Waals surface area contributed by atoms with Crippen LogP contribution in [-0.2, 0) is 13.0 Å². The van der Waals surface area contributed by atoms with Crippen LogP contribution in [0.25, 0.3) is 11.0 Å². The second-order valence-corrected chi connectivity index (χ2v) is 5.62. The van der Waals surface area contributed by atoms with Gasteiger partial charge in [-0.25, -0.2) is 0 Å². The molecular weight excluding hydrogens is 314 g/mol.